The molecule has 3 rings (SSSR count). The molecule has 0 saturated carbocycles. The molecule has 0 atom stereocenters. The Balaban J connectivity index is 2.29. The van der Waals surface area contributed by atoms with Gasteiger partial charge in [0.15, 0.2) is 5.43 Å². The van der Waals surface area contributed by atoms with Gasteiger partial charge in [-0.1, -0.05) is 13.3 Å². The van der Waals surface area contributed by atoms with Crippen molar-refractivity contribution in [3.05, 3.63) is 44.6 Å². The lowest BCUT2D eigenvalue weighted by Gasteiger charge is -2.12. The number of carbonyl (C=O) groups is 2. The maximum absolute atomic E-state index is 12.9. The highest BCUT2D eigenvalue weighted by Crippen LogP contribution is 2.36. The molecule has 0 amide bonds. The number of fused-ring (bicyclic) bond motifs is 2. The van der Waals surface area contributed by atoms with E-state index in [-0.39, 0.29) is 24.4 Å². The van der Waals surface area contributed by atoms with Crippen molar-refractivity contribution < 1.29 is 23.5 Å². The molecule has 1 aliphatic heterocycles. The third-order valence-electron chi connectivity index (χ3n) is 4.08. The average Bonchev–Trinajstić information content (AvgIpc) is 3.11. The summed E-state index contributed by atoms with van der Waals surface area (Å²) < 4.78 is 16.5. The van der Waals surface area contributed by atoms with Gasteiger partial charge in [0.25, 0.3) is 0 Å². The van der Waals surface area contributed by atoms with Crippen LogP contribution >= 0.6 is 11.3 Å². The van der Waals surface area contributed by atoms with Gasteiger partial charge in [-0.15, -0.1) is 11.3 Å². The van der Waals surface area contributed by atoms with E-state index in [1.54, 1.807) is 26.0 Å². The Morgan fingerprint density at radius 1 is 1.07 bits per heavy atom. The molecule has 0 spiro atoms. The first-order valence-electron chi connectivity index (χ1n) is 8.88. The average molecular weight is 388 g/mol. The van der Waals surface area contributed by atoms with Crippen molar-refractivity contribution in [1.82, 2.24) is 0 Å². The fraction of sp³-hybridized carbons (Fsp3) is 0.350. The number of rotatable bonds is 6. The largest absolute Gasteiger partial charge is 0.462 e. The maximum atomic E-state index is 12.9. The summed E-state index contributed by atoms with van der Waals surface area (Å²) in [5.41, 5.74) is 0.965. The van der Waals surface area contributed by atoms with Crippen LogP contribution in [0.25, 0.3) is 21.4 Å². The van der Waals surface area contributed by atoms with E-state index in [4.69, 9.17) is 13.9 Å². The highest BCUT2D eigenvalue weighted by atomic mass is 32.1. The number of esters is 2. The summed E-state index contributed by atoms with van der Waals surface area (Å²) in [5, 5.41) is 0.470. The molecule has 2 heterocycles. The summed E-state index contributed by atoms with van der Waals surface area (Å²) in [6, 6.07) is 4.60. The van der Waals surface area contributed by atoms with Crippen LogP contribution in [0.5, 0.6) is 0 Å². The summed E-state index contributed by atoms with van der Waals surface area (Å²) in [4.78, 5) is 37.4. The Bertz CT molecular complexity index is 1030. The van der Waals surface area contributed by atoms with Crippen molar-refractivity contribution in [3.8, 4) is 11.3 Å². The molecule has 0 N–H and O–H groups in total. The molecular weight excluding hydrogens is 368 g/mol. The second-order valence-electron chi connectivity index (χ2n) is 5.89. The summed E-state index contributed by atoms with van der Waals surface area (Å²) in [6.45, 7) is 5.95. The number of hydrogen-bond acceptors (Lipinski definition) is 7. The molecule has 2 aliphatic rings. The molecule has 7 heteroatoms. The van der Waals surface area contributed by atoms with Crippen LogP contribution in [-0.2, 0) is 15.9 Å². The zero-order valence-electron chi connectivity index (χ0n) is 15.4. The smallest absolute Gasteiger partial charge is 0.374 e. The summed E-state index contributed by atoms with van der Waals surface area (Å²) in [5.74, 6) is -0.610. The minimum absolute atomic E-state index is 0.0441. The molecule has 6 nitrogen and oxygen atoms in total. The van der Waals surface area contributed by atoms with Crippen molar-refractivity contribution >= 4 is 33.4 Å². The van der Waals surface area contributed by atoms with Crippen LogP contribution in [-0.4, -0.2) is 25.2 Å². The van der Waals surface area contributed by atoms with Crippen LogP contribution in [0.1, 0.15) is 53.0 Å². The normalized spacial score (nSPS) is 11.1. The highest BCUT2D eigenvalue weighted by Gasteiger charge is 2.25. The van der Waals surface area contributed by atoms with Gasteiger partial charge in [0, 0.05) is 15.6 Å². The first kappa shape index (κ1) is 19.1. The van der Waals surface area contributed by atoms with Crippen LogP contribution in [0.2, 0.25) is 0 Å². The van der Waals surface area contributed by atoms with Gasteiger partial charge in [0.1, 0.15) is 10.6 Å². The third-order valence-corrected chi connectivity index (χ3v) is 5.26. The molecule has 0 fully saturated rings. The zero-order valence-corrected chi connectivity index (χ0v) is 16.2. The number of carbonyl (C=O) groups excluding carboxylic acids is 2. The van der Waals surface area contributed by atoms with E-state index >= 15 is 0 Å². The number of aryl methyl sites for hydroxylation is 1. The van der Waals surface area contributed by atoms with Crippen LogP contribution in [0.3, 0.4) is 0 Å². The van der Waals surface area contributed by atoms with Gasteiger partial charge in [-0.2, -0.15) is 0 Å². The Labute approximate surface area is 160 Å². The number of ether oxygens (including phenoxy) is 2. The number of thiophene rings is 1. The Morgan fingerprint density at radius 2 is 1.78 bits per heavy atom. The zero-order chi connectivity index (χ0) is 19.6. The molecule has 0 bridgehead atoms. The lowest BCUT2D eigenvalue weighted by atomic mass is 9.98. The fourth-order valence-electron chi connectivity index (χ4n) is 2.96. The van der Waals surface area contributed by atoms with Gasteiger partial charge in [-0.05, 0) is 38.5 Å². The van der Waals surface area contributed by atoms with Crippen LogP contribution in [0, 0.1) is 0 Å². The van der Waals surface area contributed by atoms with Crippen molar-refractivity contribution in [3.63, 3.8) is 0 Å². The van der Waals surface area contributed by atoms with E-state index in [1.807, 2.05) is 6.92 Å². The standard InChI is InChI=1S/C20H20O6S/c1-4-7-12-17-11(8-9-14(26-17)19(22)24-5-2)16(21)13-10-15(27-18(12)13)20(23)25-6-3/h8-10H,4-7H2,1-3H3. The van der Waals surface area contributed by atoms with Gasteiger partial charge >= 0.3 is 11.9 Å². The molecule has 142 valence electrons. The van der Waals surface area contributed by atoms with Crippen LogP contribution in [0.15, 0.2) is 27.4 Å². The quantitative estimate of drug-likeness (QED) is 0.587. The molecular formula is C20H20O6S. The Hall–Kier alpha value is -2.67. The summed E-state index contributed by atoms with van der Waals surface area (Å²) in [6.07, 6.45) is 1.46. The third kappa shape index (κ3) is 3.47. The van der Waals surface area contributed by atoms with E-state index in [9.17, 15) is 14.4 Å². The minimum Gasteiger partial charge on any atom is -0.462 e. The predicted octanol–water partition coefficient (Wildman–Crippen LogP) is 4.27. The van der Waals surface area contributed by atoms with Crippen LogP contribution < -0.4 is 5.43 Å². The van der Waals surface area contributed by atoms with Gasteiger partial charge in [-0.25, -0.2) is 9.59 Å². The summed E-state index contributed by atoms with van der Waals surface area (Å²) >= 11 is 1.21. The molecule has 1 aromatic rings. The first-order chi connectivity index (χ1) is 13.0. The summed E-state index contributed by atoms with van der Waals surface area (Å²) in [7, 11) is 0. The molecule has 27 heavy (non-hydrogen) atoms. The van der Waals surface area contributed by atoms with E-state index in [2.05, 4.69) is 0 Å². The van der Waals surface area contributed by atoms with Crippen molar-refractivity contribution in [2.24, 2.45) is 0 Å². The van der Waals surface area contributed by atoms with Gasteiger partial charge in [0.2, 0.25) is 5.76 Å². The second kappa shape index (κ2) is 7.92. The molecule has 0 aromatic carbocycles. The molecule has 0 unspecified atom stereocenters. The lowest BCUT2D eigenvalue weighted by molar-refractivity contribution is 0.0486. The van der Waals surface area contributed by atoms with Gasteiger partial charge < -0.3 is 13.9 Å². The molecule has 0 radical (unpaired) electrons. The monoisotopic (exact) mass is 388 g/mol. The SMILES string of the molecule is CCCc1c2oc(C(=O)OCC)ccc-2c(=O)c2cc(C(=O)OCC)sc12. The minimum atomic E-state index is -0.576. The predicted molar refractivity (Wildman–Crippen MR) is 103 cm³/mol. The molecule has 0 saturated heterocycles. The van der Waals surface area contributed by atoms with E-state index in [1.165, 1.54) is 17.4 Å². The van der Waals surface area contributed by atoms with Crippen LogP contribution in [0.4, 0.5) is 0 Å². The maximum Gasteiger partial charge on any atom is 0.374 e. The molecule has 1 aliphatic carbocycles. The Kier molecular flexibility index (Phi) is 5.60. The van der Waals surface area contributed by atoms with E-state index in [0.29, 0.717) is 32.7 Å². The van der Waals surface area contributed by atoms with E-state index in [0.717, 1.165) is 12.0 Å². The first-order valence-corrected chi connectivity index (χ1v) is 9.69. The number of hydrogen-bond donors (Lipinski definition) is 0. The van der Waals surface area contributed by atoms with Gasteiger partial charge in [0.05, 0.1) is 18.8 Å². The van der Waals surface area contributed by atoms with Gasteiger partial charge in [-0.3, -0.25) is 4.79 Å². The van der Waals surface area contributed by atoms with Crippen molar-refractivity contribution in [2.75, 3.05) is 13.2 Å². The second-order valence-corrected chi connectivity index (χ2v) is 6.95. The van der Waals surface area contributed by atoms with Crippen molar-refractivity contribution in [2.45, 2.75) is 33.6 Å². The van der Waals surface area contributed by atoms with Crippen molar-refractivity contribution in [1.29, 1.82) is 0 Å². The van der Waals surface area contributed by atoms with E-state index < -0.39 is 11.9 Å². The number of benzene rings is 1. The lowest BCUT2D eigenvalue weighted by Crippen LogP contribution is -2.11. The topological polar surface area (TPSA) is 82.8 Å². The fourth-order valence-corrected chi connectivity index (χ4v) is 4.08. The molecule has 1 aromatic heterocycles. The highest BCUT2D eigenvalue weighted by molar-refractivity contribution is 7.21. The Morgan fingerprint density at radius 3 is 2.44 bits per heavy atom.